The van der Waals surface area contributed by atoms with Crippen LogP contribution in [0.2, 0.25) is 0 Å². The Morgan fingerprint density at radius 2 is 2.10 bits per heavy atom. The predicted octanol–water partition coefficient (Wildman–Crippen LogP) is 4.54. The Hall–Kier alpha value is -3.20. The molecule has 0 radical (unpaired) electrons. The molecule has 0 heterocycles. The molecule has 1 unspecified atom stereocenters. The number of hydrogen-bond acceptors (Lipinski definition) is 6. The largest absolute Gasteiger partial charge is 0.496 e. The van der Waals surface area contributed by atoms with E-state index in [4.69, 9.17) is 15.3 Å². The molecule has 1 atom stereocenters. The van der Waals surface area contributed by atoms with Gasteiger partial charge in [-0.2, -0.15) is 0 Å². The number of anilines is 1. The van der Waals surface area contributed by atoms with E-state index >= 15 is 0 Å². The van der Waals surface area contributed by atoms with Crippen LogP contribution >= 0.6 is 0 Å². The van der Waals surface area contributed by atoms with Gasteiger partial charge in [-0.15, -0.1) is 0 Å². The van der Waals surface area contributed by atoms with Crippen molar-refractivity contribution in [2.75, 3.05) is 18.2 Å². The van der Waals surface area contributed by atoms with Gasteiger partial charge in [0.15, 0.2) is 5.83 Å². The molecular formula is C21H24F2N4O2S. The summed E-state index contributed by atoms with van der Waals surface area (Å²) >= 11 is 0. The van der Waals surface area contributed by atoms with Crippen molar-refractivity contribution in [3.05, 3.63) is 83.8 Å². The van der Waals surface area contributed by atoms with Crippen molar-refractivity contribution >= 4 is 21.1 Å². The molecule has 0 saturated heterocycles. The van der Waals surface area contributed by atoms with Crippen LogP contribution < -0.4 is 15.8 Å². The first kappa shape index (κ1) is 23.1. The van der Waals surface area contributed by atoms with Gasteiger partial charge in [-0.25, -0.2) is 18.0 Å². The lowest BCUT2D eigenvalue weighted by atomic mass is 10.1. The van der Waals surface area contributed by atoms with Crippen LogP contribution in [0.15, 0.2) is 71.9 Å². The van der Waals surface area contributed by atoms with E-state index in [9.17, 15) is 13.0 Å². The summed E-state index contributed by atoms with van der Waals surface area (Å²) in [7, 11) is -1.36. The summed E-state index contributed by atoms with van der Waals surface area (Å²) in [5.41, 5.74) is 6.64. The van der Waals surface area contributed by atoms with E-state index in [1.165, 1.54) is 13.2 Å². The van der Waals surface area contributed by atoms with Crippen LogP contribution in [0.3, 0.4) is 0 Å². The van der Waals surface area contributed by atoms with E-state index in [1.54, 1.807) is 31.2 Å². The molecule has 0 aromatic heterocycles. The molecule has 4 N–H and O–H groups in total. The zero-order valence-corrected chi connectivity index (χ0v) is 17.6. The number of nitrogens with one attached hydrogen (secondary N) is 2. The number of rotatable bonds is 9. The first-order chi connectivity index (χ1) is 14.2. The Labute approximate surface area is 175 Å². The zero-order valence-electron chi connectivity index (χ0n) is 16.7. The fourth-order valence-corrected chi connectivity index (χ4v) is 3.54. The van der Waals surface area contributed by atoms with Gasteiger partial charge < -0.3 is 15.8 Å². The third-order valence-electron chi connectivity index (χ3n) is 4.12. The lowest BCUT2D eigenvalue weighted by Gasteiger charge is -2.13. The quantitative estimate of drug-likeness (QED) is 0.504. The molecule has 30 heavy (non-hydrogen) atoms. The maximum absolute atomic E-state index is 14.4. The fraction of sp³-hybridized carbons (Fsp3) is 0.190. The second kappa shape index (κ2) is 10.0. The van der Waals surface area contributed by atoms with Crippen LogP contribution in [0, 0.1) is 10.6 Å². The Morgan fingerprint density at radius 3 is 2.73 bits per heavy atom. The number of benzene rings is 2. The molecule has 0 aliphatic heterocycles. The molecule has 9 heteroatoms. The molecule has 0 saturated carbocycles. The number of ether oxygens (including phenoxy) is 1. The van der Waals surface area contributed by atoms with Crippen molar-refractivity contribution in [3.63, 3.8) is 0 Å². The molecule has 6 nitrogen and oxygen atoms in total. The van der Waals surface area contributed by atoms with Gasteiger partial charge >= 0.3 is 0 Å². The maximum Gasteiger partial charge on any atom is 0.165 e. The van der Waals surface area contributed by atoms with Crippen molar-refractivity contribution in [1.82, 2.24) is 0 Å². The summed E-state index contributed by atoms with van der Waals surface area (Å²) in [4.78, 5) is 4.16. The second-order valence-electron chi connectivity index (χ2n) is 6.34. The monoisotopic (exact) mass is 434 g/mol. The van der Waals surface area contributed by atoms with E-state index in [0.717, 1.165) is 18.3 Å². The van der Waals surface area contributed by atoms with Gasteiger partial charge in [0.1, 0.15) is 23.1 Å². The van der Waals surface area contributed by atoms with Gasteiger partial charge in [-0.1, -0.05) is 25.6 Å². The predicted molar refractivity (Wildman–Crippen MR) is 117 cm³/mol. The number of aliphatic imine (C=N–C) groups is 1. The van der Waals surface area contributed by atoms with Crippen LogP contribution in [-0.2, 0) is 15.5 Å². The first-order valence-corrected chi connectivity index (χ1v) is 10.9. The van der Waals surface area contributed by atoms with Gasteiger partial charge in [0.25, 0.3) is 0 Å². The lowest BCUT2D eigenvalue weighted by molar-refractivity contribution is 0.410. The summed E-state index contributed by atoms with van der Waals surface area (Å²) in [5, 5.41) is 2.93. The molecule has 0 spiro atoms. The van der Waals surface area contributed by atoms with Crippen molar-refractivity contribution in [1.29, 1.82) is 4.78 Å². The minimum Gasteiger partial charge on any atom is -0.496 e. The first-order valence-electron chi connectivity index (χ1n) is 8.98. The number of hydrogen-bond donors (Lipinski definition) is 3. The third-order valence-corrected chi connectivity index (χ3v) is 5.85. The van der Waals surface area contributed by atoms with Crippen LogP contribution in [0.5, 0.6) is 5.75 Å². The Kier molecular flexibility index (Phi) is 7.71. The van der Waals surface area contributed by atoms with Crippen molar-refractivity contribution in [2.24, 2.45) is 10.7 Å². The molecule has 2 aromatic carbocycles. The summed E-state index contributed by atoms with van der Waals surface area (Å²) in [6, 6.07) is 10.6. The molecular weight excluding hydrogens is 410 g/mol. The number of halogens is 2. The smallest absolute Gasteiger partial charge is 0.165 e. The summed E-state index contributed by atoms with van der Waals surface area (Å²) < 4.78 is 52.9. The summed E-state index contributed by atoms with van der Waals surface area (Å²) in [5.74, 6) is -0.822. The minimum atomic E-state index is -2.69. The molecule has 0 amide bonds. The Morgan fingerprint density at radius 1 is 1.37 bits per heavy atom. The molecule has 160 valence electrons. The van der Waals surface area contributed by atoms with Gasteiger partial charge in [0.05, 0.1) is 12.9 Å². The molecule has 0 bridgehead atoms. The minimum absolute atomic E-state index is 0.0883. The number of allylic oxidation sites excluding steroid dienone is 1. The molecule has 0 aliphatic rings. The molecule has 2 rings (SSSR count). The van der Waals surface area contributed by atoms with E-state index in [2.05, 4.69) is 16.9 Å². The van der Waals surface area contributed by atoms with Gasteiger partial charge in [0, 0.05) is 39.0 Å². The normalized spacial score (nSPS) is 14.1. The van der Waals surface area contributed by atoms with E-state index in [-0.39, 0.29) is 34.4 Å². The summed E-state index contributed by atoms with van der Waals surface area (Å²) in [6.45, 7) is 5.49. The SMILES string of the molecule is C=C(/N=C(\C(F)=C/N)c1ccc(F)cc1OC)Nc1cccc(CS(=N)(=O)CC)c1. The van der Waals surface area contributed by atoms with Crippen LogP contribution in [0.4, 0.5) is 14.5 Å². The van der Waals surface area contributed by atoms with Crippen molar-refractivity contribution < 1.29 is 17.7 Å². The molecule has 0 fully saturated rings. The average Bonchev–Trinajstić information content (AvgIpc) is 2.71. The maximum atomic E-state index is 14.4. The van der Waals surface area contributed by atoms with E-state index in [0.29, 0.717) is 11.3 Å². The van der Waals surface area contributed by atoms with Gasteiger partial charge in [-0.3, -0.25) is 4.78 Å². The topological polar surface area (TPSA) is 101 Å². The highest BCUT2D eigenvalue weighted by atomic mass is 32.2. The Bertz CT molecular complexity index is 1100. The number of nitrogens with zero attached hydrogens (tertiary/aromatic N) is 1. The van der Waals surface area contributed by atoms with Crippen LogP contribution in [0.1, 0.15) is 18.1 Å². The second-order valence-corrected chi connectivity index (χ2v) is 8.83. The fourth-order valence-electron chi connectivity index (χ4n) is 2.62. The van der Waals surface area contributed by atoms with Crippen molar-refractivity contribution in [2.45, 2.75) is 12.7 Å². The van der Waals surface area contributed by atoms with Crippen molar-refractivity contribution in [3.8, 4) is 5.75 Å². The van der Waals surface area contributed by atoms with Crippen LogP contribution in [0.25, 0.3) is 0 Å². The third kappa shape index (κ3) is 6.15. The number of nitrogens with two attached hydrogens (primary N) is 1. The standard InChI is InChI=1S/C21H24F2N4O2S/c1-4-30(25,28)13-15-6-5-7-17(10-15)26-14(2)27-21(19(23)12-24)18-9-8-16(22)11-20(18)29-3/h5-12,25-26H,2,4,13,24H2,1,3H3/b19-12+,27-21-. The summed E-state index contributed by atoms with van der Waals surface area (Å²) in [6.07, 6.45) is 0.741. The van der Waals surface area contributed by atoms with Crippen LogP contribution in [-0.4, -0.2) is 22.8 Å². The molecule has 0 aliphatic carbocycles. The van der Waals surface area contributed by atoms with E-state index in [1.807, 2.05) is 0 Å². The Balaban J connectivity index is 2.34. The van der Waals surface area contributed by atoms with Gasteiger partial charge in [-0.05, 0) is 29.8 Å². The molecule has 2 aromatic rings. The van der Waals surface area contributed by atoms with Gasteiger partial charge in [0.2, 0.25) is 0 Å². The highest BCUT2D eigenvalue weighted by Crippen LogP contribution is 2.25. The van der Waals surface area contributed by atoms with E-state index < -0.39 is 21.4 Å². The zero-order chi connectivity index (χ0) is 22.3. The highest BCUT2D eigenvalue weighted by molar-refractivity contribution is 7.91. The highest BCUT2D eigenvalue weighted by Gasteiger charge is 2.16. The number of methoxy groups -OCH3 is 1. The lowest BCUT2D eigenvalue weighted by Crippen LogP contribution is -2.09. The average molecular weight is 435 g/mol.